The Labute approximate surface area is 95.8 Å². The van der Waals surface area contributed by atoms with E-state index in [0.29, 0.717) is 11.3 Å². The van der Waals surface area contributed by atoms with Gasteiger partial charge in [0.25, 0.3) is 0 Å². The van der Waals surface area contributed by atoms with Gasteiger partial charge in [-0.1, -0.05) is 19.1 Å². The summed E-state index contributed by atoms with van der Waals surface area (Å²) < 4.78 is 0. The third-order valence-corrected chi connectivity index (χ3v) is 4.47. The van der Waals surface area contributed by atoms with Crippen LogP contribution in [0.5, 0.6) is 0 Å². The van der Waals surface area contributed by atoms with Crippen molar-refractivity contribution in [2.75, 3.05) is 22.9 Å². The molecule has 0 spiro atoms. The Morgan fingerprint density at radius 2 is 2.07 bits per heavy atom. The number of rotatable bonds is 1. The van der Waals surface area contributed by atoms with E-state index in [1.54, 1.807) is 0 Å². The van der Waals surface area contributed by atoms with Gasteiger partial charge in [-0.05, 0) is 19.1 Å². The number of anilines is 2. The average Bonchev–Trinajstić information content (AvgIpc) is 2.23. The van der Waals surface area contributed by atoms with E-state index in [1.165, 1.54) is 11.4 Å². The monoisotopic (exact) mass is 222 g/mol. The highest BCUT2D eigenvalue weighted by atomic mass is 32.2. The van der Waals surface area contributed by atoms with Gasteiger partial charge in [0, 0.05) is 23.6 Å². The fourth-order valence-electron chi connectivity index (χ4n) is 2.02. The van der Waals surface area contributed by atoms with Crippen LogP contribution in [0.15, 0.2) is 24.3 Å². The summed E-state index contributed by atoms with van der Waals surface area (Å²) in [6.07, 6.45) is 0. The quantitative estimate of drug-likeness (QED) is 0.741. The number of nitrogens with two attached hydrogens (primary N) is 1. The van der Waals surface area contributed by atoms with Crippen LogP contribution in [0.2, 0.25) is 0 Å². The average molecular weight is 222 g/mol. The number of nitrogens with zero attached hydrogens (tertiary/aromatic N) is 1. The molecular formula is C12H18N2S. The van der Waals surface area contributed by atoms with Crippen LogP contribution >= 0.6 is 11.8 Å². The maximum Gasteiger partial charge on any atom is 0.0602 e. The van der Waals surface area contributed by atoms with Crippen molar-refractivity contribution in [2.24, 2.45) is 0 Å². The van der Waals surface area contributed by atoms with Gasteiger partial charge >= 0.3 is 0 Å². The lowest BCUT2D eigenvalue weighted by atomic mass is 10.1. The van der Waals surface area contributed by atoms with Crippen LogP contribution in [-0.4, -0.2) is 23.6 Å². The van der Waals surface area contributed by atoms with E-state index in [9.17, 15) is 0 Å². The van der Waals surface area contributed by atoms with Crippen LogP contribution in [-0.2, 0) is 0 Å². The van der Waals surface area contributed by atoms with Gasteiger partial charge in [0.15, 0.2) is 0 Å². The second-order valence-electron chi connectivity index (χ2n) is 4.07. The Morgan fingerprint density at radius 1 is 1.33 bits per heavy atom. The Hall–Kier alpha value is -0.830. The van der Waals surface area contributed by atoms with Crippen LogP contribution in [0, 0.1) is 0 Å². The highest BCUT2D eigenvalue weighted by Gasteiger charge is 2.26. The van der Waals surface area contributed by atoms with E-state index in [2.05, 4.69) is 30.9 Å². The number of hydrogen-bond donors (Lipinski definition) is 1. The highest BCUT2D eigenvalue weighted by Crippen LogP contribution is 2.31. The largest absolute Gasteiger partial charge is 0.397 e. The van der Waals surface area contributed by atoms with Crippen LogP contribution in [0.3, 0.4) is 0 Å². The third kappa shape index (κ3) is 2.07. The first-order valence-corrected chi connectivity index (χ1v) is 6.48. The van der Waals surface area contributed by atoms with Gasteiger partial charge in [0.2, 0.25) is 0 Å². The van der Waals surface area contributed by atoms with Gasteiger partial charge in [0.1, 0.15) is 0 Å². The van der Waals surface area contributed by atoms with Crippen molar-refractivity contribution in [2.45, 2.75) is 25.1 Å². The first-order valence-electron chi connectivity index (χ1n) is 5.43. The van der Waals surface area contributed by atoms with Gasteiger partial charge in [-0.2, -0.15) is 11.8 Å². The lowest BCUT2D eigenvalue weighted by Crippen LogP contribution is -2.45. The molecule has 2 N–H and O–H groups in total. The van der Waals surface area contributed by atoms with Crippen molar-refractivity contribution in [3.63, 3.8) is 0 Å². The van der Waals surface area contributed by atoms with Gasteiger partial charge in [0.05, 0.1) is 11.4 Å². The molecule has 2 unspecified atom stereocenters. The van der Waals surface area contributed by atoms with E-state index in [0.717, 1.165) is 12.2 Å². The molecule has 0 aromatic heterocycles. The normalized spacial score (nSPS) is 26.7. The Morgan fingerprint density at radius 3 is 2.80 bits per heavy atom. The minimum atomic E-state index is 0.563. The molecule has 0 bridgehead atoms. The zero-order chi connectivity index (χ0) is 10.8. The summed E-state index contributed by atoms with van der Waals surface area (Å²) in [4.78, 5) is 2.43. The molecule has 1 saturated heterocycles. The molecule has 1 heterocycles. The number of benzene rings is 1. The van der Waals surface area contributed by atoms with Crippen LogP contribution in [0.25, 0.3) is 0 Å². The van der Waals surface area contributed by atoms with Crippen molar-refractivity contribution in [3.8, 4) is 0 Å². The lowest BCUT2D eigenvalue weighted by Gasteiger charge is -2.39. The van der Waals surface area contributed by atoms with Crippen molar-refractivity contribution in [3.05, 3.63) is 24.3 Å². The summed E-state index contributed by atoms with van der Waals surface area (Å²) in [7, 11) is 0. The molecule has 1 aromatic rings. The molecule has 0 saturated carbocycles. The zero-order valence-corrected chi connectivity index (χ0v) is 10.1. The molecule has 3 heteroatoms. The molecule has 2 rings (SSSR count). The van der Waals surface area contributed by atoms with Crippen LogP contribution < -0.4 is 10.6 Å². The summed E-state index contributed by atoms with van der Waals surface area (Å²) in [5, 5.41) is 0.679. The summed E-state index contributed by atoms with van der Waals surface area (Å²) in [6.45, 7) is 5.67. The number of hydrogen-bond acceptors (Lipinski definition) is 3. The number of para-hydroxylation sites is 2. The topological polar surface area (TPSA) is 29.3 Å². The lowest BCUT2D eigenvalue weighted by molar-refractivity contribution is 0.628. The van der Waals surface area contributed by atoms with E-state index >= 15 is 0 Å². The van der Waals surface area contributed by atoms with E-state index in [-0.39, 0.29) is 0 Å². The van der Waals surface area contributed by atoms with Gasteiger partial charge in [-0.25, -0.2) is 0 Å². The molecule has 1 aliphatic rings. The Kier molecular flexibility index (Phi) is 3.10. The van der Waals surface area contributed by atoms with Gasteiger partial charge in [-0.3, -0.25) is 0 Å². The summed E-state index contributed by atoms with van der Waals surface area (Å²) in [5.74, 6) is 1.19. The Bertz CT molecular complexity index is 340. The SMILES string of the molecule is CC1SCCN(c2ccccc2N)C1C. The maximum atomic E-state index is 6.01. The first kappa shape index (κ1) is 10.7. The minimum Gasteiger partial charge on any atom is -0.397 e. The third-order valence-electron chi connectivity index (χ3n) is 3.13. The second-order valence-corrected chi connectivity index (χ2v) is 5.55. The molecule has 0 amide bonds. The Balaban J connectivity index is 2.26. The summed E-state index contributed by atoms with van der Waals surface area (Å²) in [6, 6.07) is 8.72. The van der Waals surface area contributed by atoms with E-state index < -0.39 is 0 Å². The van der Waals surface area contributed by atoms with Crippen molar-refractivity contribution in [1.29, 1.82) is 0 Å². The second kappa shape index (κ2) is 4.35. The molecule has 0 radical (unpaired) electrons. The smallest absolute Gasteiger partial charge is 0.0602 e. The molecule has 1 aromatic carbocycles. The molecule has 15 heavy (non-hydrogen) atoms. The molecular weight excluding hydrogens is 204 g/mol. The minimum absolute atomic E-state index is 0.563. The van der Waals surface area contributed by atoms with Crippen LogP contribution in [0.4, 0.5) is 11.4 Å². The molecule has 82 valence electrons. The molecule has 1 fully saturated rings. The van der Waals surface area contributed by atoms with Crippen molar-refractivity contribution in [1.82, 2.24) is 0 Å². The summed E-state index contributed by atoms with van der Waals surface area (Å²) in [5.41, 5.74) is 8.09. The highest BCUT2D eigenvalue weighted by molar-refractivity contribution is 8.00. The number of nitrogen functional groups attached to an aromatic ring is 1. The number of thioether (sulfide) groups is 1. The molecule has 2 atom stereocenters. The molecule has 0 aliphatic carbocycles. The van der Waals surface area contributed by atoms with Gasteiger partial charge in [-0.15, -0.1) is 0 Å². The maximum absolute atomic E-state index is 6.01. The van der Waals surface area contributed by atoms with Crippen LogP contribution in [0.1, 0.15) is 13.8 Å². The predicted molar refractivity (Wildman–Crippen MR) is 69.6 cm³/mol. The first-order chi connectivity index (χ1) is 7.20. The van der Waals surface area contributed by atoms with E-state index in [1.807, 2.05) is 23.9 Å². The predicted octanol–water partition coefficient (Wildman–Crippen LogP) is 2.60. The standard InChI is InChI=1S/C12H18N2S/c1-9-10(2)15-8-7-14(9)12-6-4-3-5-11(12)13/h3-6,9-10H,7-8,13H2,1-2H3. The van der Waals surface area contributed by atoms with Crippen molar-refractivity contribution < 1.29 is 0 Å². The zero-order valence-electron chi connectivity index (χ0n) is 9.31. The summed E-state index contributed by atoms with van der Waals surface area (Å²) >= 11 is 2.05. The fourth-order valence-corrected chi connectivity index (χ4v) is 3.12. The van der Waals surface area contributed by atoms with E-state index in [4.69, 9.17) is 5.73 Å². The fraction of sp³-hybridized carbons (Fsp3) is 0.500. The molecule has 2 nitrogen and oxygen atoms in total. The van der Waals surface area contributed by atoms with Gasteiger partial charge < -0.3 is 10.6 Å². The van der Waals surface area contributed by atoms with Crippen molar-refractivity contribution >= 4 is 23.1 Å². The molecule has 1 aliphatic heterocycles.